The highest BCUT2D eigenvalue weighted by molar-refractivity contribution is 7.89. The van der Waals surface area contributed by atoms with Gasteiger partial charge in [0.05, 0.1) is 4.90 Å². The van der Waals surface area contributed by atoms with Crippen LogP contribution in [0.25, 0.3) is 0 Å². The molecule has 1 aliphatic rings. The van der Waals surface area contributed by atoms with Crippen LogP contribution in [0.1, 0.15) is 17.5 Å². The molecule has 6 nitrogen and oxygen atoms in total. The lowest BCUT2D eigenvalue weighted by molar-refractivity contribution is -0.131. The van der Waals surface area contributed by atoms with E-state index in [0.717, 1.165) is 18.7 Å². The van der Waals surface area contributed by atoms with Gasteiger partial charge in [-0.15, -0.1) is 0 Å². The molecular formula is C21H26ClN3O3S. The molecule has 156 valence electrons. The van der Waals surface area contributed by atoms with E-state index >= 15 is 0 Å². The number of sulfonamides is 1. The molecule has 0 bridgehead atoms. The van der Waals surface area contributed by atoms with Crippen LogP contribution < -0.4 is 5.32 Å². The summed E-state index contributed by atoms with van der Waals surface area (Å²) >= 11 is 6.08. The molecule has 0 radical (unpaired) electrons. The van der Waals surface area contributed by atoms with Gasteiger partial charge in [0.1, 0.15) is 0 Å². The zero-order valence-corrected chi connectivity index (χ0v) is 18.0. The Bertz CT molecular complexity index is 959. The Kier molecular flexibility index (Phi) is 7.29. The lowest BCUT2D eigenvalue weighted by atomic mass is 10.2. The topological polar surface area (TPSA) is 69.7 Å². The molecule has 1 fully saturated rings. The number of rotatable bonds is 7. The molecular weight excluding hydrogens is 410 g/mol. The maximum atomic E-state index is 13.4. The number of piperazine rings is 1. The lowest BCUT2D eigenvalue weighted by Crippen LogP contribution is -2.47. The van der Waals surface area contributed by atoms with Crippen molar-refractivity contribution < 1.29 is 13.2 Å². The summed E-state index contributed by atoms with van der Waals surface area (Å²) in [7, 11) is -3.76. The third-order valence-electron chi connectivity index (χ3n) is 5.00. The molecule has 0 atom stereocenters. The summed E-state index contributed by atoms with van der Waals surface area (Å²) in [5, 5.41) is 3.76. The quantitative estimate of drug-likeness (QED) is 0.725. The Balaban J connectivity index is 1.83. The first kappa shape index (κ1) is 21.8. The van der Waals surface area contributed by atoms with E-state index in [2.05, 4.69) is 5.32 Å². The Labute approximate surface area is 177 Å². The van der Waals surface area contributed by atoms with Crippen molar-refractivity contribution in [3.05, 3.63) is 64.7 Å². The van der Waals surface area contributed by atoms with E-state index in [-0.39, 0.29) is 30.3 Å². The molecule has 29 heavy (non-hydrogen) atoms. The van der Waals surface area contributed by atoms with Gasteiger partial charge in [0.15, 0.2) is 0 Å². The molecule has 0 unspecified atom stereocenters. The standard InChI is InChI=1S/C21H26ClN3O3S/c1-17-5-2-3-8-20(17)29(27,28)25(16-18-6-4-7-19(22)15-18)12-9-21(26)24-13-10-23-11-14-24/h2-8,15,23H,9-14,16H2,1H3. The monoisotopic (exact) mass is 435 g/mol. The maximum absolute atomic E-state index is 13.4. The van der Waals surface area contributed by atoms with Crippen LogP contribution in [0.4, 0.5) is 0 Å². The zero-order chi connectivity index (χ0) is 20.9. The third kappa shape index (κ3) is 5.57. The van der Waals surface area contributed by atoms with Crippen molar-refractivity contribution >= 4 is 27.5 Å². The zero-order valence-electron chi connectivity index (χ0n) is 16.5. The van der Waals surface area contributed by atoms with Crippen molar-refractivity contribution in [2.24, 2.45) is 0 Å². The first-order valence-electron chi connectivity index (χ1n) is 9.66. The molecule has 2 aromatic carbocycles. The van der Waals surface area contributed by atoms with Gasteiger partial charge in [-0.3, -0.25) is 4.79 Å². The number of amides is 1. The van der Waals surface area contributed by atoms with Crippen LogP contribution >= 0.6 is 11.6 Å². The van der Waals surface area contributed by atoms with Gasteiger partial charge in [0.2, 0.25) is 15.9 Å². The van der Waals surface area contributed by atoms with Crippen LogP contribution in [0.2, 0.25) is 5.02 Å². The van der Waals surface area contributed by atoms with Crippen molar-refractivity contribution in [1.82, 2.24) is 14.5 Å². The van der Waals surface area contributed by atoms with Crippen molar-refractivity contribution in [3.63, 3.8) is 0 Å². The maximum Gasteiger partial charge on any atom is 0.243 e. The van der Waals surface area contributed by atoms with E-state index in [9.17, 15) is 13.2 Å². The summed E-state index contributed by atoms with van der Waals surface area (Å²) in [6, 6.07) is 14.0. The molecule has 0 saturated carbocycles. The molecule has 1 amide bonds. The highest BCUT2D eigenvalue weighted by atomic mass is 35.5. The molecule has 1 saturated heterocycles. The van der Waals surface area contributed by atoms with Crippen LogP contribution in [0.3, 0.4) is 0 Å². The molecule has 1 heterocycles. The van der Waals surface area contributed by atoms with Crippen LogP contribution in [-0.4, -0.2) is 56.3 Å². The number of nitrogens with zero attached hydrogens (tertiary/aromatic N) is 2. The second kappa shape index (κ2) is 9.71. The van der Waals surface area contributed by atoms with E-state index < -0.39 is 10.0 Å². The lowest BCUT2D eigenvalue weighted by Gasteiger charge is -2.29. The second-order valence-electron chi connectivity index (χ2n) is 7.11. The van der Waals surface area contributed by atoms with Gasteiger partial charge in [-0.05, 0) is 36.2 Å². The van der Waals surface area contributed by atoms with Gasteiger partial charge in [0.25, 0.3) is 0 Å². The van der Waals surface area contributed by atoms with Gasteiger partial charge >= 0.3 is 0 Å². The number of halogens is 1. The van der Waals surface area contributed by atoms with Crippen molar-refractivity contribution in [1.29, 1.82) is 0 Å². The largest absolute Gasteiger partial charge is 0.340 e. The summed E-state index contributed by atoms with van der Waals surface area (Å²) in [4.78, 5) is 14.6. The molecule has 8 heteroatoms. The van der Waals surface area contributed by atoms with Gasteiger partial charge in [0, 0.05) is 50.7 Å². The van der Waals surface area contributed by atoms with Crippen molar-refractivity contribution in [2.45, 2.75) is 24.8 Å². The van der Waals surface area contributed by atoms with Gasteiger partial charge in [-0.1, -0.05) is 41.9 Å². The van der Waals surface area contributed by atoms with Crippen LogP contribution in [0.5, 0.6) is 0 Å². The van der Waals surface area contributed by atoms with Gasteiger partial charge in [-0.25, -0.2) is 8.42 Å². The number of benzene rings is 2. The average molecular weight is 436 g/mol. The predicted octanol–water partition coefficient (Wildman–Crippen LogP) is 2.66. The van der Waals surface area contributed by atoms with Gasteiger partial charge in [-0.2, -0.15) is 4.31 Å². The Morgan fingerprint density at radius 3 is 2.55 bits per heavy atom. The number of carbonyl (C=O) groups excluding carboxylic acids is 1. The Morgan fingerprint density at radius 1 is 1.14 bits per heavy atom. The van der Waals surface area contributed by atoms with Crippen LogP contribution in [0, 0.1) is 6.92 Å². The number of aryl methyl sites for hydroxylation is 1. The van der Waals surface area contributed by atoms with E-state index in [1.807, 2.05) is 12.1 Å². The normalized spacial score (nSPS) is 14.9. The smallest absolute Gasteiger partial charge is 0.243 e. The first-order chi connectivity index (χ1) is 13.9. The molecule has 1 aliphatic heterocycles. The first-order valence-corrected chi connectivity index (χ1v) is 11.5. The fourth-order valence-corrected chi connectivity index (χ4v) is 5.27. The van der Waals surface area contributed by atoms with Crippen molar-refractivity contribution in [2.75, 3.05) is 32.7 Å². The summed E-state index contributed by atoms with van der Waals surface area (Å²) in [5.41, 5.74) is 1.46. The highest BCUT2D eigenvalue weighted by Gasteiger charge is 2.27. The second-order valence-corrected chi connectivity index (χ2v) is 9.46. The fraction of sp³-hybridized carbons (Fsp3) is 0.381. The third-order valence-corrected chi connectivity index (χ3v) is 7.24. The number of hydrogen-bond donors (Lipinski definition) is 1. The van der Waals surface area contributed by atoms with Crippen LogP contribution in [0.15, 0.2) is 53.4 Å². The Hall–Kier alpha value is -1.93. The summed E-state index contributed by atoms with van der Waals surface area (Å²) in [6.45, 7) is 4.88. The van der Waals surface area contributed by atoms with E-state index in [1.165, 1.54) is 4.31 Å². The molecule has 1 N–H and O–H groups in total. The highest BCUT2D eigenvalue weighted by Crippen LogP contribution is 2.23. The minimum atomic E-state index is -3.76. The van der Waals surface area contributed by atoms with E-state index in [0.29, 0.717) is 23.7 Å². The molecule has 0 spiro atoms. The number of nitrogens with one attached hydrogen (secondary N) is 1. The predicted molar refractivity (Wildman–Crippen MR) is 114 cm³/mol. The van der Waals surface area contributed by atoms with Crippen molar-refractivity contribution in [3.8, 4) is 0 Å². The molecule has 2 aromatic rings. The fourth-order valence-electron chi connectivity index (χ4n) is 3.40. The molecule has 3 rings (SSSR count). The number of hydrogen-bond acceptors (Lipinski definition) is 4. The van der Waals surface area contributed by atoms with E-state index in [4.69, 9.17) is 11.6 Å². The summed E-state index contributed by atoms with van der Waals surface area (Å²) < 4.78 is 28.2. The SMILES string of the molecule is Cc1ccccc1S(=O)(=O)N(CCC(=O)N1CCNCC1)Cc1cccc(Cl)c1. The molecule has 0 aromatic heterocycles. The number of carbonyl (C=O) groups is 1. The van der Waals surface area contributed by atoms with E-state index in [1.54, 1.807) is 48.2 Å². The Morgan fingerprint density at radius 2 is 1.86 bits per heavy atom. The minimum Gasteiger partial charge on any atom is -0.340 e. The van der Waals surface area contributed by atoms with Gasteiger partial charge < -0.3 is 10.2 Å². The van der Waals surface area contributed by atoms with Crippen LogP contribution in [-0.2, 0) is 21.4 Å². The molecule has 0 aliphatic carbocycles. The minimum absolute atomic E-state index is 0.0254. The summed E-state index contributed by atoms with van der Waals surface area (Å²) in [5.74, 6) is -0.0254. The summed E-state index contributed by atoms with van der Waals surface area (Å²) in [6.07, 6.45) is 0.145. The average Bonchev–Trinajstić information content (AvgIpc) is 2.71.